The molecule has 4 aromatic rings. The number of furan rings is 1. The third-order valence-corrected chi connectivity index (χ3v) is 8.05. The first-order valence-electron chi connectivity index (χ1n) is 13.1. The van der Waals surface area contributed by atoms with E-state index in [-0.39, 0.29) is 11.9 Å². The van der Waals surface area contributed by atoms with Gasteiger partial charge in [-0.2, -0.15) is 9.97 Å². The largest absolute Gasteiger partial charge is 0.463 e. The smallest absolute Gasteiger partial charge is 0.319 e. The lowest BCUT2D eigenvalue weighted by atomic mass is 9.98. The molecule has 4 heterocycles. The molecule has 0 unspecified atom stereocenters. The molecule has 6 rings (SSSR count). The third kappa shape index (κ3) is 4.70. The molecule has 0 bridgehead atoms. The van der Waals surface area contributed by atoms with E-state index in [1.165, 1.54) is 12.1 Å². The average Bonchev–Trinajstić information content (AvgIpc) is 3.60. The molecule has 39 heavy (non-hydrogen) atoms. The van der Waals surface area contributed by atoms with Crippen LogP contribution < -0.4 is 9.64 Å². The van der Waals surface area contributed by atoms with Crippen molar-refractivity contribution < 1.29 is 18.3 Å². The van der Waals surface area contributed by atoms with Crippen LogP contribution in [0, 0.1) is 5.82 Å². The number of ether oxygens (including phenoxy) is 1. The number of halogens is 2. The summed E-state index contributed by atoms with van der Waals surface area (Å²) in [5.74, 6) is 0.140. The fourth-order valence-electron chi connectivity index (χ4n) is 5.58. The lowest BCUT2D eigenvalue weighted by Crippen LogP contribution is -2.48. The van der Waals surface area contributed by atoms with Crippen LogP contribution in [-0.4, -0.2) is 78.1 Å². The Balaban J connectivity index is 1.48. The highest BCUT2D eigenvalue weighted by molar-refractivity contribution is 6.34. The van der Waals surface area contributed by atoms with Crippen LogP contribution >= 0.6 is 11.6 Å². The van der Waals surface area contributed by atoms with E-state index in [1.54, 1.807) is 29.4 Å². The molecule has 0 saturated carbocycles. The number of rotatable bonds is 6. The van der Waals surface area contributed by atoms with E-state index in [4.69, 9.17) is 30.7 Å². The number of likely N-dealkylation sites (tertiary alicyclic amines) is 1. The number of carbonyl (C=O) groups excluding carboxylic acids is 1. The Morgan fingerprint density at radius 2 is 2.05 bits per heavy atom. The summed E-state index contributed by atoms with van der Waals surface area (Å²) in [6.07, 6.45) is 5.10. The quantitative estimate of drug-likeness (QED) is 0.308. The second-order valence-electron chi connectivity index (χ2n) is 10.0. The molecule has 2 aromatic carbocycles. The molecule has 202 valence electrons. The number of amides is 1. The SMILES string of the molecule is C=CC(=O)N1CCN(c2nc(OC[C@@H]3CCCN3C)nc3cc(-c4c(F)cccc4Cl)c4ccoc4c23)CC1. The van der Waals surface area contributed by atoms with Crippen molar-refractivity contribution in [2.45, 2.75) is 18.9 Å². The number of anilines is 1. The summed E-state index contributed by atoms with van der Waals surface area (Å²) in [4.78, 5) is 27.9. The number of hydrogen-bond donors (Lipinski definition) is 0. The molecule has 2 saturated heterocycles. The molecule has 2 fully saturated rings. The number of nitrogens with zero attached hydrogens (tertiary/aromatic N) is 5. The Morgan fingerprint density at radius 1 is 1.23 bits per heavy atom. The number of likely N-dealkylation sites (N-methyl/N-ethyl adjacent to an activating group) is 1. The topological polar surface area (TPSA) is 74.9 Å². The lowest BCUT2D eigenvalue weighted by molar-refractivity contribution is -0.126. The van der Waals surface area contributed by atoms with Gasteiger partial charge in [-0.3, -0.25) is 4.79 Å². The summed E-state index contributed by atoms with van der Waals surface area (Å²) < 4.78 is 27.2. The van der Waals surface area contributed by atoms with Crippen LogP contribution in [0.1, 0.15) is 12.8 Å². The van der Waals surface area contributed by atoms with Crippen LogP contribution in [0.25, 0.3) is 33.0 Å². The summed E-state index contributed by atoms with van der Waals surface area (Å²) in [6, 6.07) is 8.81. The predicted molar refractivity (Wildman–Crippen MR) is 150 cm³/mol. The number of fused-ring (bicyclic) bond motifs is 3. The van der Waals surface area contributed by atoms with Gasteiger partial charge in [0.25, 0.3) is 0 Å². The van der Waals surface area contributed by atoms with Gasteiger partial charge in [-0.05, 0) is 62.3 Å². The van der Waals surface area contributed by atoms with E-state index in [0.717, 1.165) is 19.4 Å². The van der Waals surface area contributed by atoms with E-state index in [9.17, 15) is 4.79 Å². The van der Waals surface area contributed by atoms with Gasteiger partial charge in [-0.25, -0.2) is 4.39 Å². The lowest BCUT2D eigenvalue weighted by Gasteiger charge is -2.35. The number of carbonyl (C=O) groups is 1. The Hall–Kier alpha value is -3.69. The highest BCUT2D eigenvalue weighted by Crippen LogP contribution is 2.42. The van der Waals surface area contributed by atoms with Gasteiger partial charge in [0.2, 0.25) is 5.91 Å². The zero-order valence-corrected chi connectivity index (χ0v) is 22.5. The predicted octanol–water partition coefficient (Wildman–Crippen LogP) is 5.14. The van der Waals surface area contributed by atoms with Crippen LogP contribution in [0.2, 0.25) is 5.02 Å². The fourth-order valence-corrected chi connectivity index (χ4v) is 5.85. The van der Waals surface area contributed by atoms with Crippen LogP contribution in [0.15, 0.2) is 53.7 Å². The van der Waals surface area contributed by atoms with E-state index in [1.807, 2.05) is 6.07 Å². The first kappa shape index (κ1) is 25.6. The van der Waals surface area contributed by atoms with Crippen molar-refractivity contribution in [2.24, 2.45) is 0 Å². The molecule has 0 aliphatic carbocycles. The standard InChI is InChI=1S/C29H29ClFN5O3/c1-3-24(37)35-11-13-36(14-12-35)28-26-23(32-29(33-28)39-17-18-6-5-10-34(18)2)16-20(19-9-15-38-27(19)26)25-21(30)7-4-8-22(25)31/h3-4,7-9,15-16,18H,1,5-6,10-14,17H2,2H3/t18-/m0/s1. The van der Waals surface area contributed by atoms with Crippen molar-refractivity contribution in [1.29, 1.82) is 0 Å². The molecule has 10 heteroatoms. The van der Waals surface area contributed by atoms with E-state index >= 15 is 4.39 Å². The van der Waals surface area contributed by atoms with Crippen molar-refractivity contribution >= 4 is 45.2 Å². The fraction of sp³-hybridized carbons (Fsp3) is 0.345. The van der Waals surface area contributed by atoms with Crippen molar-refractivity contribution in [3.63, 3.8) is 0 Å². The van der Waals surface area contributed by atoms with Gasteiger partial charge in [0.1, 0.15) is 23.8 Å². The highest BCUT2D eigenvalue weighted by atomic mass is 35.5. The molecule has 0 N–H and O–H groups in total. The van der Waals surface area contributed by atoms with Gasteiger partial charge in [-0.15, -0.1) is 0 Å². The maximum Gasteiger partial charge on any atom is 0.319 e. The molecular formula is C29H29ClFN5O3. The first-order valence-corrected chi connectivity index (χ1v) is 13.5. The van der Waals surface area contributed by atoms with Crippen molar-refractivity contribution in [1.82, 2.24) is 19.8 Å². The molecule has 1 atom stereocenters. The number of benzene rings is 2. The minimum atomic E-state index is -0.428. The molecule has 2 aliphatic heterocycles. The summed E-state index contributed by atoms with van der Waals surface area (Å²) in [5, 5.41) is 1.72. The third-order valence-electron chi connectivity index (χ3n) is 7.73. The first-order chi connectivity index (χ1) is 18.9. The Kier molecular flexibility index (Phi) is 6.86. The van der Waals surface area contributed by atoms with Crippen molar-refractivity contribution in [2.75, 3.05) is 51.3 Å². The molecule has 2 aliphatic rings. The minimum Gasteiger partial charge on any atom is -0.463 e. The number of aromatic nitrogens is 2. The molecule has 2 aromatic heterocycles. The zero-order chi connectivity index (χ0) is 27.1. The molecule has 1 amide bonds. The maximum absolute atomic E-state index is 15.1. The number of hydrogen-bond acceptors (Lipinski definition) is 7. The van der Waals surface area contributed by atoms with Crippen LogP contribution in [-0.2, 0) is 4.79 Å². The zero-order valence-electron chi connectivity index (χ0n) is 21.7. The van der Waals surface area contributed by atoms with Gasteiger partial charge < -0.3 is 23.9 Å². The summed E-state index contributed by atoms with van der Waals surface area (Å²) >= 11 is 6.47. The monoisotopic (exact) mass is 549 g/mol. The highest BCUT2D eigenvalue weighted by Gasteiger charge is 2.27. The number of piperazine rings is 1. The minimum absolute atomic E-state index is 0.0910. The summed E-state index contributed by atoms with van der Waals surface area (Å²) in [6.45, 7) is 7.31. The van der Waals surface area contributed by atoms with E-state index < -0.39 is 5.82 Å². The van der Waals surface area contributed by atoms with Gasteiger partial charge >= 0.3 is 6.01 Å². The molecule has 8 nitrogen and oxygen atoms in total. The summed E-state index contributed by atoms with van der Waals surface area (Å²) in [7, 11) is 2.09. The Morgan fingerprint density at radius 3 is 2.77 bits per heavy atom. The van der Waals surface area contributed by atoms with E-state index in [0.29, 0.717) is 82.7 Å². The van der Waals surface area contributed by atoms with Gasteiger partial charge in [0.05, 0.1) is 22.2 Å². The summed E-state index contributed by atoms with van der Waals surface area (Å²) in [5.41, 5.74) is 1.99. The van der Waals surface area contributed by atoms with Gasteiger partial charge in [0.15, 0.2) is 0 Å². The van der Waals surface area contributed by atoms with E-state index in [2.05, 4.69) is 23.4 Å². The van der Waals surface area contributed by atoms with Crippen molar-refractivity contribution in [3.05, 3.63) is 60.1 Å². The molecule has 0 radical (unpaired) electrons. The Bertz CT molecular complexity index is 1550. The van der Waals surface area contributed by atoms with Crippen LogP contribution in [0.5, 0.6) is 6.01 Å². The van der Waals surface area contributed by atoms with Gasteiger partial charge in [-0.1, -0.05) is 24.2 Å². The Labute approximate surface area is 230 Å². The second kappa shape index (κ2) is 10.5. The molecular weight excluding hydrogens is 521 g/mol. The average molecular weight is 550 g/mol. The van der Waals surface area contributed by atoms with Crippen molar-refractivity contribution in [3.8, 4) is 17.1 Å². The van der Waals surface area contributed by atoms with Crippen LogP contribution in [0.3, 0.4) is 0 Å². The second-order valence-corrected chi connectivity index (χ2v) is 10.4. The van der Waals surface area contributed by atoms with Crippen LogP contribution in [0.4, 0.5) is 10.2 Å². The maximum atomic E-state index is 15.1. The normalized spacial score (nSPS) is 18.3. The van der Waals surface area contributed by atoms with Gasteiger partial charge in [0, 0.05) is 43.2 Å². The molecule has 0 spiro atoms.